The highest BCUT2D eigenvalue weighted by atomic mass is 35.5. The van der Waals surface area contributed by atoms with Gasteiger partial charge in [-0.1, -0.05) is 11.6 Å². The minimum atomic E-state index is -0.575. The van der Waals surface area contributed by atoms with E-state index in [0.717, 1.165) is 28.7 Å². The molecule has 2 nitrogen and oxygen atoms in total. The normalized spacial score (nSPS) is 27.9. The third-order valence-corrected chi connectivity index (χ3v) is 5.45. The molecule has 1 unspecified atom stereocenters. The highest BCUT2D eigenvalue weighted by molar-refractivity contribution is 7.85. The van der Waals surface area contributed by atoms with Gasteiger partial charge in [0.05, 0.1) is 4.34 Å². The Labute approximate surface area is 108 Å². The van der Waals surface area contributed by atoms with Crippen molar-refractivity contribution >= 4 is 33.7 Å². The fraction of sp³-hybridized carbons (Fsp3) is 0.636. The van der Waals surface area contributed by atoms with Crippen molar-refractivity contribution in [3.05, 3.63) is 21.3 Å². The predicted molar refractivity (Wildman–Crippen MR) is 71.8 cm³/mol. The molecule has 1 N–H and O–H groups in total. The number of rotatable bonds is 3. The third kappa shape index (κ3) is 3.29. The van der Waals surface area contributed by atoms with Crippen molar-refractivity contribution < 1.29 is 4.21 Å². The molecule has 16 heavy (non-hydrogen) atoms. The summed E-state index contributed by atoms with van der Waals surface area (Å²) in [6.07, 6.45) is 2.05. The molecule has 0 amide bonds. The molecule has 1 aliphatic heterocycles. The van der Waals surface area contributed by atoms with E-state index in [1.807, 2.05) is 6.07 Å². The smallest absolute Gasteiger partial charge is 0.0931 e. The van der Waals surface area contributed by atoms with Crippen molar-refractivity contribution in [2.24, 2.45) is 0 Å². The average Bonchev–Trinajstić information content (AvgIpc) is 2.68. The topological polar surface area (TPSA) is 29.1 Å². The summed E-state index contributed by atoms with van der Waals surface area (Å²) in [6, 6.07) is 2.86. The predicted octanol–water partition coefficient (Wildman–Crippen LogP) is 2.96. The van der Waals surface area contributed by atoms with E-state index in [1.165, 1.54) is 5.56 Å². The maximum absolute atomic E-state index is 11.2. The summed E-state index contributed by atoms with van der Waals surface area (Å²) in [5.74, 6) is 1.68. The van der Waals surface area contributed by atoms with E-state index in [1.54, 1.807) is 11.3 Å². The van der Waals surface area contributed by atoms with E-state index in [9.17, 15) is 4.21 Å². The summed E-state index contributed by atoms with van der Waals surface area (Å²) in [5, 5.41) is 5.68. The van der Waals surface area contributed by atoms with E-state index >= 15 is 0 Å². The van der Waals surface area contributed by atoms with Gasteiger partial charge in [-0.25, -0.2) is 0 Å². The van der Waals surface area contributed by atoms with Crippen LogP contribution in [0.4, 0.5) is 0 Å². The van der Waals surface area contributed by atoms with E-state index in [4.69, 9.17) is 11.6 Å². The molecule has 1 fully saturated rings. The Hall–Kier alpha value is 0.1000. The van der Waals surface area contributed by atoms with Crippen LogP contribution >= 0.6 is 22.9 Å². The molecule has 5 heteroatoms. The summed E-state index contributed by atoms with van der Waals surface area (Å²) in [6.45, 7) is 2.16. The molecule has 2 heterocycles. The first kappa shape index (κ1) is 12.6. The molecule has 1 aliphatic rings. The quantitative estimate of drug-likeness (QED) is 0.920. The van der Waals surface area contributed by atoms with Crippen LogP contribution in [-0.2, 0) is 10.8 Å². The van der Waals surface area contributed by atoms with Gasteiger partial charge in [-0.15, -0.1) is 11.3 Å². The van der Waals surface area contributed by atoms with Gasteiger partial charge in [-0.2, -0.15) is 0 Å². The van der Waals surface area contributed by atoms with Crippen LogP contribution in [0.1, 0.15) is 31.4 Å². The third-order valence-electron chi connectivity index (χ3n) is 2.96. The molecule has 0 bridgehead atoms. The molecular weight excluding hydrogens is 262 g/mol. The van der Waals surface area contributed by atoms with Crippen LogP contribution in [0.25, 0.3) is 0 Å². The molecule has 0 spiro atoms. The van der Waals surface area contributed by atoms with Gasteiger partial charge in [-0.05, 0) is 36.8 Å². The van der Waals surface area contributed by atoms with Crippen LogP contribution in [0.15, 0.2) is 11.4 Å². The zero-order valence-electron chi connectivity index (χ0n) is 9.24. The van der Waals surface area contributed by atoms with Crippen molar-refractivity contribution in [1.29, 1.82) is 0 Å². The maximum Gasteiger partial charge on any atom is 0.0931 e. The minimum absolute atomic E-state index is 0.334. The molecule has 1 aromatic heterocycles. The van der Waals surface area contributed by atoms with Crippen molar-refractivity contribution in [1.82, 2.24) is 5.32 Å². The molecule has 90 valence electrons. The summed E-state index contributed by atoms with van der Waals surface area (Å²) in [5.41, 5.74) is 1.25. The molecular formula is C11H16ClNOS2. The SMILES string of the molecule is CC(NC1CCS(=O)CC1)c1csc(Cl)c1. The molecule has 0 aliphatic carbocycles. The summed E-state index contributed by atoms with van der Waals surface area (Å²) in [7, 11) is -0.575. The van der Waals surface area contributed by atoms with Crippen LogP contribution < -0.4 is 5.32 Å². The van der Waals surface area contributed by atoms with Crippen molar-refractivity contribution in [3.8, 4) is 0 Å². The molecule has 0 saturated carbocycles. The molecule has 1 atom stereocenters. The summed E-state index contributed by atoms with van der Waals surface area (Å²) in [4.78, 5) is 0. The Balaban J connectivity index is 1.87. The second-order valence-corrected chi connectivity index (χ2v) is 7.43. The fourth-order valence-corrected chi connectivity index (χ4v) is 4.24. The largest absolute Gasteiger partial charge is 0.307 e. The van der Waals surface area contributed by atoms with Crippen molar-refractivity contribution in [2.75, 3.05) is 11.5 Å². The first-order valence-corrected chi connectivity index (χ1v) is 8.24. The van der Waals surface area contributed by atoms with Crippen LogP contribution in [0.5, 0.6) is 0 Å². The molecule has 0 radical (unpaired) electrons. The highest BCUT2D eigenvalue weighted by Gasteiger charge is 2.19. The number of hydrogen-bond acceptors (Lipinski definition) is 3. The zero-order valence-corrected chi connectivity index (χ0v) is 11.6. The van der Waals surface area contributed by atoms with Gasteiger partial charge < -0.3 is 5.32 Å². The Bertz CT molecular complexity index is 370. The molecule has 0 aromatic carbocycles. The molecule has 2 rings (SSSR count). The van der Waals surface area contributed by atoms with Gasteiger partial charge in [-0.3, -0.25) is 4.21 Å². The van der Waals surface area contributed by atoms with Gasteiger partial charge in [0.1, 0.15) is 0 Å². The van der Waals surface area contributed by atoms with Gasteiger partial charge in [0, 0.05) is 34.4 Å². The Morgan fingerprint density at radius 3 is 2.81 bits per heavy atom. The van der Waals surface area contributed by atoms with Gasteiger partial charge in [0.25, 0.3) is 0 Å². The lowest BCUT2D eigenvalue weighted by molar-refractivity contribution is 0.427. The van der Waals surface area contributed by atoms with Crippen molar-refractivity contribution in [3.63, 3.8) is 0 Å². The van der Waals surface area contributed by atoms with Gasteiger partial charge >= 0.3 is 0 Å². The standard InChI is InChI=1S/C11H16ClNOS2/c1-8(9-6-11(12)15-7-9)13-10-2-4-16(14)5-3-10/h6-8,10,13H,2-5H2,1H3. The second-order valence-electron chi connectivity index (χ2n) is 4.19. The van der Waals surface area contributed by atoms with Crippen LogP contribution in [0, 0.1) is 0 Å². The lowest BCUT2D eigenvalue weighted by atomic mass is 10.1. The van der Waals surface area contributed by atoms with Crippen LogP contribution in [0.3, 0.4) is 0 Å². The van der Waals surface area contributed by atoms with E-state index < -0.39 is 10.8 Å². The first-order valence-electron chi connectivity index (χ1n) is 5.50. The molecule has 1 aromatic rings. The number of halogens is 1. The van der Waals surface area contributed by atoms with Crippen LogP contribution in [0.2, 0.25) is 4.34 Å². The number of thiophene rings is 1. The summed E-state index contributed by atoms with van der Waals surface area (Å²) >= 11 is 7.49. The van der Waals surface area contributed by atoms with E-state index in [-0.39, 0.29) is 0 Å². The zero-order chi connectivity index (χ0) is 11.5. The lowest BCUT2D eigenvalue weighted by Gasteiger charge is -2.26. The Morgan fingerprint density at radius 2 is 2.25 bits per heavy atom. The van der Waals surface area contributed by atoms with E-state index in [0.29, 0.717) is 12.1 Å². The van der Waals surface area contributed by atoms with Gasteiger partial charge in [0.2, 0.25) is 0 Å². The lowest BCUT2D eigenvalue weighted by Crippen LogP contribution is -2.37. The maximum atomic E-state index is 11.2. The minimum Gasteiger partial charge on any atom is -0.307 e. The van der Waals surface area contributed by atoms with Crippen LogP contribution in [-0.4, -0.2) is 21.8 Å². The number of hydrogen-bond donors (Lipinski definition) is 1. The van der Waals surface area contributed by atoms with Gasteiger partial charge in [0.15, 0.2) is 0 Å². The fourth-order valence-electron chi connectivity index (χ4n) is 1.96. The average molecular weight is 278 g/mol. The second kappa shape index (κ2) is 5.63. The highest BCUT2D eigenvalue weighted by Crippen LogP contribution is 2.25. The number of nitrogens with one attached hydrogen (secondary N) is 1. The Kier molecular flexibility index (Phi) is 4.41. The Morgan fingerprint density at radius 1 is 1.56 bits per heavy atom. The van der Waals surface area contributed by atoms with E-state index in [2.05, 4.69) is 17.6 Å². The summed E-state index contributed by atoms with van der Waals surface area (Å²) < 4.78 is 12.1. The monoisotopic (exact) mass is 277 g/mol. The first-order chi connectivity index (χ1) is 7.65. The molecule has 1 saturated heterocycles. The van der Waals surface area contributed by atoms with Crippen molar-refractivity contribution in [2.45, 2.75) is 31.8 Å².